The van der Waals surface area contributed by atoms with Gasteiger partial charge in [-0.1, -0.05) is 30.3 Å². The zero-order valence-electron chi connectivity index (χ0n) is 20.7. The Hall–Kier alpha value is -3.09. The molecule has 5 nitrogen and oxygen atoms in total. The Balaban J connectivity index is 1.16. The summed E-state index contributed by atoms with van der Waals surface area (Å²) in [6, 6.07) is 18.9. The lowest BCUT2D eigenvalue weighted by Crippen LogP contribution is -2.46. The first-order valence-corrected chi connectivity index (χ1v) is 13.2. The number of amides is 1. The molecule has 184 valence electrons. The number of piperazine rings is 1. The molecule has 0 atom stereocenters. The van der Waals surface area contributed by atoms with Gasteiger partial charge in [0.1, 0.15) is 5.75 Å². The normalized spacial score (nSPS) is 14.4. The van der Waals surface area contributed by atoms with Gasteiger partial charge in [0.15, 0.2) is 0 Å². The first-order valence-electron chi connectivity index (χ1n) is 12.3. The zero-order chi connectivity index (χ0) is 24.5. The maximum atomic E-state index is 11.9. The lowest BCUT2D eigenvalue weighted by atomic mass is 10.1. The molecule has 4 rings (SSSR count). The van der Waals surface area contributed by atoms with Crippen LogP contribution in [0, 0.1) is 13.8 Å². The van der Waals surface area contributed by atoms with E-state index in [0.717, 1.165) is 49.8 Å². The van der Waals surface area contributed by atoms with Gasteiger partial charge in [-0.3, -0.25) is 9.69 Å². The minimum Gasteiger partial charge on any atom is -0.494 e. The highest BCUT2D eigenvalue weighted by Crippen LogP contribution is 2.24. The summed E-state index contributed by atoms with van der Waals surface area (Å²) in [5.41, 5.74) is 5.39. The highest BCUT2D eigenvalue weighted by atomic mass is 32.1. The summed E-state index contributed by atoms with van der Waals surface area (Å²) < 4.78 is 5.94. The van der Waals surface area contributed by atoms with Crippen molar-refractivity contribution in [2.24, 2.45) is 0 Å². The molecule has 1 N–H and O–H groups in total. The molecule has 35 heavy (non-hydrogen) atoms. The molecule has 3 aromatic rings. The maximum Gasteiger partial charge on any atom is 0.244 e. The first kappa shape index (κ1) is 25.0. The molecule has 0 radical (unpaired) electrons. The minimum absolute atomic E-state index is 0.0712. The standard InChI is InChI=1S/C29H35N3O2S/c1-23-7-3-11-28(24(23)2)32-17-15-31(16-18-32)22-25-8-4-9-26(21-25)34-19-6-14-30-29(33)13-12-27-10-5-20-35-27/h3-5,7-13,20-21H,6,14-19,22H2,1-2H3,(H,30,33)/b13-12+. The third-order valence-electron chi connectivity index (χ3n) is 6.42. The Labute approximate surface area is 213 Å². The van der Waals surface area contributed by atoms with Crippen molar-refractivity contribution in [3.8, 4) is 5.75 Å². The molecular weight excluding hydrogens is 454 g/mol. The SMILES string of the molecule is Cc1cccc(N2CCN(Cc3cccc(OCCCNC(=O)/C=C/c4cccs4)c3)CC2)c1C. The van der Waals surface area contributed by atoms with Gasteiger partial charge < -0.3 is 15.0 Å². The number of anilines is 1. The Kier molecular flexibility index (Phi) is 8.98. The molecule has 1 fully saturated rings. The van der Waals surface area contributed by atoms with E-state index in [1.165, 1.54) is 22.4 Å². The van der Waals surface area contributed by atoms with Gasteiger partial charge in [-0.2, -0.15) is 0 Å². The largest absolute Gasteiger partial charge is 0.494 e. The Morgan fingerprint density at radius 3 is 2.69 bits per heavy atom. The summed E-state index contributed by atoms with van der Waals surface area (Å²) >= 11 is 1.61. The fourth-order valence-electron chi connectivity index (χ4n) is 4.29. The fraction of sp³-hybridized carbons (Fsp3) is 0.345. The molecule has 0 spiro atoms. The number of ether oxygens (including phenoxy) is 1. The van der Waals surface area contributed by atoms with Crippen molar-refractivity contribution in [2.45, 2.75) is 26.8 Å². The van der Waals surface area contributed by atoms with Gasteiger partial charge in [0.25, 0.3) is 0 Å². The number of aryl methyl sites for hydroxylation is 1. The number of carbonyl (C=O) groups excluding carboxylic acids is 1. The van der Waals surface area contributed by atoms with Crippen LogP contribution < -0.4 is 15.0 Å². The van der Waals surface area contributed by atoms with Crippen LogP contribution in [-0.2, 0) is 11.3 Å². The average molecular weight is 490 g/mol. The van der Waals surface area contributed by atoms with Gasteiger partial charge in [0, 0.05) is 55.9 Å². The lowest BCUT2D eigenvalue weighted by molar-refractivity contribution is -0.116. The van der Waals surface area contributed by atoms with Gasteiger partial charge in [0.05, 0.1) is 6.61 Å². The minimum atomic E-state index is -0.0712. The predicted molar refractivity (Wildman–Crippen MR) is 146 cm³/mol. The molecule has 1 aliphatic heterocycles. The van der Waals surface area contributed by atoms with Crippen LogP contribution in [0.15, 0.2) is 66.1 Å². The summed E-state index contributed by atoms with van der Waals surface area (Å²) in [5.74, 6) is 0.818. The molecule has 1 saturated heterocycles. The van der Waals surface area contributed by atoms with E-state index in [2.05, 4.69) is 65.4 Å². The quantitative estimate of drug-likeness (QED) is 0.311. The van der Waals surface area contributed by atoms with Crippen molar-refractivity contribution in [1.82, 2.24) is 10.2 Å². The number of nitrogens with one attached hydrogen (secondary N) is 1. The number of benzene rings is 2. The van der Waals surface area contributed by atoms with Crippen molar-refractivity contribution in [2.75, 3.05) is 44.2 Å². The van der Waals surface area contributed by atoms with Crippen molar-refractivity contribution in [3.05, 3.63) is 87.6 Å². The first-order chi connectivity index (χ1) is 17.1. The number of hydrogen-bond donors (Lipinski definition) is 1. The summed E-state index contributed by atoms with van der Waals surface area (Å²) in [7, 11) is 0. The van der Waals surface area contributed by atoms with E-state index in [0.29, 0.717) is 13.2 Å². The van der Waals surface area contributed by atoms with Crippen LogP contribution in [-0.4, -0.2) is 50.1 Å². The predicted octanol–water partition coefficient (Wildman–Crippen LogP) is 5.29. The van der Waals surface area contributed by atoms with Crippen molar-refractivity contribution < 1.29 is 9.53 Å². The van der Waals surface area contributed by atoms with Crippen LogP contribution in [0.4, 0.5) is 5.69 Å². The summed E-state index contributed by atoms with van der Waals surface area (Å²) in [6.45, 7) is 10.7. The molecule has 1 amide bonds. The van der Waals surface area contributed by atoms with E-state index in [9.17, 15) is 4.79 Å². The molecular formula is C29H35N3O2S. The third-order valence-corrected chi connectivity index (χ3v) is 7.26. The van der Waals surface area contributed by atoms with E-state index in [4.69, 9.17) is 4.74 Å². The van der Waals surface area contributed by atoms with Crippen LogP contribution in [0.5, 0.6) is 5.75 Å². The molecule has 0 saturated carbocycles. The summed E-state index contributed by atoms with van der Waals surface area (Å²) in [4.78, 5) is 18.0. The van der Waals surface area contributed by atoms with Gasteiger partial charge in [0.2, 0.25) is 5.91 Å². The van der Waals surface area contributed by atoms with Crippen molar-refractivity contribution in [3.63, 3.8) is 0 Å². The highest BCUT2D eigenvalue weighted by Gasteiger charge is 2.19. The molecule has 0 aliphatic carbocycles. The van der Waals surface area contributed by atoms with Crippen LogP contribution in [0.1, 0.15) is 28.0 Å². The number of thiophene rings is 1. The van der Waals surface area contributed by atoms with Crippen LogP contribution in [0.3, 0.4) is 0 Å². The van der Waals surface area contributed by atoms with Gasteiger partial charge in [-0.25, -0.2) is 0 Å². The zero-order valence-corrected chi connectivity index (χ0v) is 21.5. The summed E-state index contributed by atoms with van der Waals surface area (Å²) in [6.07, 6.45) is 4.19. The number of rotatable bonds is 10. The third kappa shape index (κ3) is 7.44. The molecule has 0 bridgehead atoms. The number of nitrogens with zero attached hydrogens (tertiary/aromatic N) is 2. The maximum absolute atomic E-state index is 11.9. The lowest BCUT2D eigenvalue weighted by Gasteiger charge is -2.37. The molecule has 6 heteroatoms. The molecule has 1 aliphatic rings. The van der Waals surface area contributed by atoms with Crippen LogP contribution >= 0.6 is 11.3 Å². The van der Waals surface area contributed by atoms with E-state index < -0.39 is 0 Å². The Morgan fingerprint density at radius 1 is 1.06 bits per heavy atom. The number of hydrogen-bond acceptors (Lipinski definition) is 5. The Bertz CT molecular complexity index is 1120. The fourth-order valence-corrected chi connectivity index (χ4v) is 4.91. The second-order valence-electron chi connectivity index (χ2n) is 8.97. The van der Waals surface area contributed by atoms with Gasteiger partial charge in [-0.05, 0) is 72.7 Å². The van der Waals surface area contributed by atoms with Crippen LogP contribution in [0.2, 0.25) is 0 Å². The number of carbonyl (C=O) groups is 1. The topological polar surface area (TPSA) is 44.8 Å². The molecule has 2 aromatic carbocycles. The Morgan fingerprint density at radius 2 is 1.89 bits per heavy atom. The molecule has 2 heterocycles. The highest BCUT2D eigenvalue weighted by molar-refractivity contribution is 7.10. The molecule has 0 unspecified atom stereocenters. The molecule has 1 aromatic heterocycles. The van der Waals surface area contributed by atoms with E-state index in [-0.39, 0.29) is 5.91 Å². The van der Waals surface area contributed by atoms with Gasteiger partial charge in [-0.15, -0.1) is 11.3 Å². The van der Waals surface area contributed by atoms with E-state index in [1.54, 1.807) is 17.4 Å². The van der Waals surface area contributed by atoms with Crippen molar-refractivity contribution in [1.29, 1.82) is 0 Å². The average Bonchev–Trinajstić information content (AvgIpc) is 3.39. The summed E-state index contributed by atoms with van der Waals surface area (Å²) in [5, 5.41) is 4.90. The second-order valence-corrected chi connectivity index (χ2v) is 9.95. The van der Waals surface area contributed by atoms with E-state index in [1.807, 2.05) is 29.7 Å². The van der Waals surface area contributed by atoms with Gasteiger partial charge >= 0.3 is 0 Å². The van der Waals surface area contributed by atoms with Crippen LogP contribution in [0.25, 0.3) is 6.08 Å². The van der Waals surface area contributed by atoms with Crippen molar-refractivity contribution >= 4 is 29.0 Å². The second kappa shape index (κ2) is 12.6. The monoisotopic (exact) mass is 489 g/mol. The van der Waals surface area contributed by atoms with E-state index >= 15 is 0 Å². The smallest absolute Gasteiger partial charge is 0.244 e.